The molecule has 1 aromatic carbocycles. The maximum absolute atomic E-state index is 12.6. The van der Waals surface area contributed by atoms with Gasteiger partial charge in [-0.2, -0.15) is 5.26 Å². The lowest BCUT2D eigenvalue weighted by molar-refractivity contribution is -0.125. The molecular formula is C23H32BN3O5. The summed E-state index contributed by atoms with van der Waals surface area (Å²) in [5.41, 5.74) is 1.78. The van der Waals surface area contributed by atoms with Gasteiger partial charge in [0.1, 0.15) is 11.6 Å². The summed E-state index contributed by atoms with van der Waals surface area (Å²) in [5, 5.41) is 31.1. The number of carbonyl (C=O) groups excluding carboxylic acids is 2. The van der Waals surface area contributed by atoms with Crippen molar-refractivity contribution in [3.63, 3.8) is 0 Å². The summed E-state index contributed by atoms with van der Waals surface area (Å²) in [7, 11) is -1.73. The number of carbonyl (C=O) groups is 2. The van der Waals surface area contributed by atoms with Crippen molar-refractivity contribution in [1.29, 1.82) is 5.26 Å². The van der Waals surface area contributed by atoms with Crippen LogP contribution in [0.3, 0.4) is 0 Å². The van der Waals surface area contributed by atoms with E-state index >= 15 is 0 Å². The number of alkyl carbamates (subject to hydrolysis) is 1. The Morgan fingerprint density at radius 2 is 2.00 bits per heavy atom. The first kappa shape index (κ1) is 25.4. The van der Waals surface area contributed by atoms with E-state index in [-0.39, 0.29) is 35.8 Å². The van der Waals surface area contributed by atoms with Gasteiger partial charge >= 0.3 is 13.2 Å². The maximum Gasteiger partial charge on any atom is 0.475 e. The van der Waals surface area contributed by atoms with Crippen LogP contribution in [0.25, 0.3) is 0 Å². The lowest BCUT2D eigenvalue weighted by atomic mass is 9.76. The summed E-state index contributed by atoms with van der Waals surface area (Å²) in [6, 6.07) is 9.54. The lowest BCUT2D eigenvalue weighted by Gasteiger charge is -2.20. The van der Waals surface area contributed by atoms with Crippen molar-refractivity contribution in [3.8, 4) is 6.07 Å². The first-order chi connectivity index (χ1) is 15.0. The number of nitrogens with zero attached hydrogens (tertiary/aromatic N) is 2. The monoisotopic (exact) mass is 441 g/mol. The number of hydrogen-bond acceptors (Lipinski definition) is 6. The van der Waals surface area contributed by atoms with Gasteiger partial charge in [-0.15, -0.1) is 0 Å². The van der Waals surface area contributed by atoms with Gasteiger partial charge in [-0.3, -0.25) is 4.79 Å². The summed E-state index contributed by atoms with van der Waals surface area (Å²) < 4.78 is 5.27. The molecule has 1 aliphatic heterocycles. The molecule has 1 saturated heterocycles. The third kappa shape index (κ3) is 8.02. The van der Waals surface area contributed by atoms with Gasteiger partial charge in [0.25, 0.3) is 5.91 Å². The van der Waals surface area contributed by atoms with Gasteiger partial charge in [0.05, 0.1) is 12.5 Å². The average molecular weight is 441 g/mol. The number of nitriles is 1. The molecule has 2 rings (SSSR count). The van der Waals surface area contributed by atoms with Crippen LogP contribution in [0.15, 0.2) is 35.9 Å². The largest absolute Gasteiger partial charge is 0.475 e. The van der Waals surface area contributed by atoms with Crippen LogP contribution in [-0.2, 0) is 16.0 Å². The summed E-state index contributed by atoms with van der Waals surface area (Å²) in [4.78, 5) is 26.4. The normalized spacial score (nSPS) is 17.5. The number of aryl methyl sites for hydroxylation is 1. The molecule has 0 radical (unpaired) electrons. The van der Waals surface area contributed by atoms with E-state index in [1.807, 2.05) is 58.0 Å². The van der Waals surface area contributed by atoms with Gasteiger partial charge in [0.2, 0.25) is 0 Å². The van der Waals surface area contributed by atoms with Gasteiger partial charge in [-0.1, -0.05) is 56.7 Å². The van der Waals surface area contributed by atoms with Crippen molar-refractivity contribution in [2.75, 3.05) is 19.7 Å². The van der Waals surface area contributed by atoms with E-state index in [2.05, 4.69) is 5.32 Å². The molecule has 1 aliphatic rings. The molecule has 1 fully saturated rings. The smallest absolute Gasteiger partial charge is 0.449 e. The van der Waals surface area contributed by atoms with Gasteiger partial charge in [-0.05, 0) is 30.7 Å². The predicted molar refractivity (Wildman–Crippen MR) is 121 cm³/mol. The van der Waals surface area contributed by atoms with Crippen molar-refractivity contribution in [3.05, 3.63) is 47.0 Å². The summed E-state index contributed by atoms with van der Waals surface area (Å²) in [5.74, 6) is -1.27. The lowest BCUT2D eigenvalue weighted by Crippen LogP contribution is -2.48. The van der Waals surface area contributed by atoms with Crippen molar-refractivity contribution in [2.24, 2.45) is 11.3 Å². The van der Waals surface area contributed by atoms with E-state index in [9.17, 15) is 24.9 Å². The van der Waals surface area contributed by atoms with Crippen LogP contribution in [0.5, 0.6) is 0 Å². The number of allylic oxidation sites excluding steroid dienone is 1. The van der Waals surface area contributed by atoms with Crippen LogP contribution >= 0.6 is 0 Å². The zero-order chi connectivity index (χ0) is 23.9. The molecule has 9 heteroatoms. The first-order valence-corrected chi connectivity index (χ1v) is 10.8. The topological polar surface area (TPSA) is 123 Å². The second-order valence-corrected chi connectivity index (χ2v) is 9.39. The zero-order valence-electron chi connectivity index (χ0n) is 19.2. The highest BCUT2D eigenvalue weighted by molar-refractivity contribution is 6.43. The van der Waals surface area contributed by atoms with Crippen LogP contribution in [0, 0.1) is 29.6 Å². The number of hydrogen-bond donors (Lipinski definition) is 3. The minimum atomic E-state index is -1.73. The molecule has 2 atom stereocenters. The average Bonchev–Trinajstić information content (AvgIpc) is 3.19. The van der Waals surface area contributed by atoms with Gasteiger partial charge in [0, 0.05) is 19.0 Å². The number of amides is 2. The SMILES string of the molecule is Cc1ccc(CC(NC(=O)OCC2CCN(C(=O)C(C#N)=CC(C)(C)C)C2)B(O)O)cc1. The first-order valence-electron chi connectivity index (χ1n) is 10.8. The van der Waals surface area contributed by atoms with Gasteiger partial charge < -0.3 is 25.0 Å². The maximum atomic E-state index is 12.6. The molecule has 0 spiro atoms. The highest BCUT2D eigenvalue weighted by Gasteiger charge is 2.31. The van der Waals surface area contributed by atoms with Crippen molar-refractivity contribution >= 4 is 19.1 Å². The molecule has 8 nitrogen and oxygen atoms in total. The van der Waals surface area contributed by atoms with Crippen LogP contribution in [-0.4, -0.2) is 59.7 Å². The van der Waals surface area contributed by atoms with Crippen LogP contribution < -0.4 is 5.32 Å². The fraction of sp³-hybridized carbons (Fsp3) is 0.522. The molecule has 1 aromatic rings. The van der Waals surface area contributed by atoms with E-state index in [1.165, 1.54) is 0 Å². The molecule has 0 saturated carbocycles. The van der Waals surface area contributed by atoms with E-state index in [0.717, 1.165) is 11.1 Å². The standard InChI is InChI=1S/C23H32BN3O5/c1-16-5-7-17(8-6-16)11-20(24(30)31)26-22(29)32-15-18-9-10-27(14-18)21(28)19(13-25)12-23(2,3)4/h5-8,12,18,20,30-31H,9-11,14-15H2,1-4H3,(H,26,29). The number of nitrogens with one attached hydrogen (secondary N) is 1. The molecule has 2 unspecified atom stereocenters. The highest BCUT2D eigenvalue weighted by atomic mass is 16.5. The fourth-order valence-corrected chi connectivity index (χ4v) is 3.49. The number of likely N-dealkylation sites (tertiary alicyclic amines) is 1. The predicted octanol–water partition coefficient (Wildman–Crippen LogP) is 1.99. The van der Waals surface area contributed by atoms with Crippen LogP contribution in [0.2, 0.25) is 0 Å². The molecule has 1 heterocycles. The summed E-state index contributed by atoms with van der Waals surface area (Å²) in [6.45, 7) is 8.70. The van der Waals surface area contributed by atoms with Crippen molar-refractivity contribution < 1.29 is 24.4 Å². The molecule has 2 amide bonds. The van der Waals surface area contributed by atoms with E-state index in [1.54, 1.807) is 11.0 Å². The third-order valence-corrected chi connectivity index (χ3v) is 5.19. The summed E-state index contributed by atoms with van der Waals surface area (Å²) in [6.07, 6.45) is 1.82. The number of benzene rings is 1. The number of ether oxygens (including phenoxy) is 1. The summed E-state index contributed by atoms with van der Waals surface area (Å²) >= 11 is 0. The molecule has 0 bridgehead atoms. The Labute approximate surface area is 190 Å². The van der Waals surface area contributed by atoms with Crippen LogP contribution in [0.1, 0.15) is 38.3 Å². The minimum absolute atomic E-state index is 0.0473. The number of rotatable bonds is 7. The van der Waals surface area contributed by atoms with E-state index in [0.29, 0.717) is 19.5 Å². The highest BCUT2D eigenvalue weighted by Crippen LogP contribution is 2.22. The molecule has 32 heavy (non-hydrogen) atoms. The second kappa shape index (κ2) is 11.2. The Hall–Kier alpha value is -2.83. The fourth-order valence-electron chi connectivity index (χ4n) is 3.49. The minimum Gasteiger partial charge on any atom is -0.449 e. The molecule has 172 valence electrons. The Balaban J connectivity index is 1.85. The van der Waals surface area contributed by atoms with Crippen molar-refractivity contribution in [2.45, 2.75) is 46.5 Å². The van der Waals surface area contributed by atoms with E-state index < -0.39 is 19.2 Å². The Kier molecular flexibility index (Phi) is 8.87. The molecule has 0 aromatic heterocycles. The van der Waals surface area contributed by atoms with Gasteiger partial charge in [-0.25, -0.2) is 4.79 Å². The Bertz CT molecular complexity index is 871. The quantitative estimate of drug-likeness (QED) is 0.338. The van der Waals surface area contributed by atoms with E-state index in [4.69, 9.17) is 4.74 Å². The Morgan fingerprint density at radius 3 is 2.56 bits per heavy atom. The van der Waals surface area contributed by atoms with Gasteiger partial charge in [0.15, 0.2) is 0 Å². The molecule has 0 aliphatic carbocycles. The third-order valence-electron chi connectivity index (χ3n) is 5.19. The second-order valence-electron chi connectivity index (χ2n) is 9.39. The Morgan fingerprint density at radius 1 is 1.34 bits per heavy atom. The molecular weight excluding hydrogens is 409 g/mol. The zero-order valence-corrected chi connectivity index (χ0v) is 19.2. The van der Waals surface area contributed by atoms with Crippen LogP contribution in [0.4, 0.5) is 4.79 Å². The molecule has 3 N–H and O–H groups in total. The van der Waals surface area contributed by atoms with Crippen molar-refractivity contribution in [1.82, 2.24) is 10.2 Å².